The second kappa shape index (κ2) is 5.40. The molecule has 3 rings (SSSR count). The highest BCUT2D eigenvalue weighted by molar-refractivity contribution is 5.90. The van der Waals surface area contributed by atoms with E-state index in [0.717, 1.165) is 25.8 Å². The van der Waals surface area contributed by atoms with Gasteiger partial charge in [-0.3, -0.25) is 4.79 Å². The van der Waals surface area contributed by atoms with E-state index in [1.807, 2.05) is 0 Å². The molecule has 7 nitrogen and oxygen atoms in total. The van der Waals surface area contributed by atoms with Crippen LogP contribution in [0.1, 0.15) is 19.3 Å². The first-order valence-electron chi connectivity index (χ1n) is 7.21. The van der Waals surface area contributed by atoms with Crippen LogP contribution in [0.5, 0.6) is 0 Å². The molecule has 1 saturated heterocycles. The Morgan fingerprint density at radius 2 is 2.38 bits per heavy atom. The summed E-state index contributed by atoms with van der Waals surface area (Å²) in [4.78, 5) is 26.8. The Labute approximate surface area is 122 Å². The summed E-state index contributed by atoms with van der Waals surface area (Å²) in [5, 5.41) is 17.3. The predicted molar refractivity (Wildman–Crippen MR) is 77.0 cm³/mol. The molecule has 2 heterocycles. The van der Waals surface area contributed by atoms with Gasteiger partial charge in [-0.2, -0.15) is 0 Å². The lowest BCUT2D eigenvalue weighted by molar-refractivity contribution is -0.388. The number of nitrogens with one attached hydrogen (secondary N) is 2. The SMILES string of the molecule is O=C(C1CC1)[C@@]1(CNc2cccnc2[N+](=O)[O-])CCNC1. The van der Waals surface area contributed by atoms with E-state index in [2.05, 4.69) is 15.6 Å². The number of pyridine rings is 1. The maximum atomic E-state index is 12.5. The Morgan fingerprint density at radius 3 is 3.00 bits per heavy atom. The van der Waals surface area contributed by atoms with Gasteiger partial charge in [-0.05, 0) is 47.8 Å². The first-order valence-corrected chi connectivity index (χ1v) is 7.21. The number of hydrogen-bond donors (Lipinski definition) is 2. The highest BCUT2D eigenvalue weighted by Gasteiger charge is 2.47. The molecule has 1 aromatic heterocycles. The summed E-state index contributed by atoms with van der Waals surface area (Å²) in [6.45, 7) is 1.88. The average Bonchev–Trinajstić information content (AvgIpc) is 3.23. The number of carbonyl (C=O) groups excluding carboxylic acids is 1. The van der Waals surface area contributed by atoms with Crippen molar-refractivity contribution in [1.82, 2.24) is 10.3 Å². The minimum Gasteiger partial charge on any atom is -0.377 e. The van der Waals surface area contributed by atoms with Crippen molar-refractivity contribution in [3.05, 3.63) is 28.4 Å². The molecular weight excluding hydrogens is 272 g/mol. The molecule has 1 aromatic rings. The number of ketones is 1. The summed E-state index contributed by atoms with van der Waals surface area (Å²) in [7, 11) is 0. The third kappa shape index (κ3) is 2.73. The number of nitrogens with zero attached hydrogens (tertiary/aromatic N) is 2. The van der Waals surface area contributed by atoms with Crippen molar-refractivity contribution in [3.63, 3.8) is 0 Å². The monoisotopic (exact) mass is 290 g/mol. The van der Waals surface area contributed by atoms with Crippen molar-refractivity contribution < 1.29 is 9.72 Å². The zero-order chi connectivity index (χ0) is 14.9. The standard InChI is InChI=1S/C14H18N4O3/c19-12(10-3-4-10)14(5-7-15-8-14)9-17-11-2-1-6-16-13(11)18(20)21/h1-2,6,10,15,17H,3-5,7-9H2/t14-/m0/s1. The van der Waals surface area contributed by atoms with Gasteiger partial charge < -0.3 is 20.7 Å². The summed E-state index contributed by atoms with van der Waals surface area (Å²) in [6, 6.07) is 3.28. The molecule has 2 N–H and O–H groups in total. The van der Waals surface area contributed by atoms with E-state index in [0.29, 0.717) is 24.6 Å². The van der Waals surface area contributed by atoms with Crippen LogP contribution in [-0.4, -0.2) is 35.3 Å². The Morgan fingerprint density at radius 1 is 1.57 bits per heavy atom. The van der Waals surface area contributed by atoms with Crippen molar-refractivity contribution in [3.8, 4) is 0 Å². The van der Waals surface area contributed by atoms with Gasteiger partial charge >= 0.3 is 5.82 Å². The van der Waals surface area contributed by atoms with E-state index < -0.39 is 10.3 Å². The highest BCUT2D eigenvalue weighted by Crippen LogP contribution is 2.40. The summed E-state index contributed by atoms with van der Waals surface area (Å²) >= 11 is 0. The second-order valence-corrected chi connectivity index (χ2v) is 5.83. The zero-order valence-electron chi connectivity index (χ0n) is 11.7. The molecule has 7 heteroatoms. The Hall–Kier alpha value is -2.02. The molecule has 2 aliphatic rings. The third-order valence-corrected chi connectivity index (χ3v) is 4.29. The van der Waals surface area contributed by atoms with Crippen molar-refractivity contribution in [2.24, 2.45) is 11.3 Å². The van der Waals surface area contributed by atoms with Crippen LogP contribution in [0.3, 0.4) is 0 Å². The third-order valence-electron chi connectivity index (χ3n) is 4.29. The summed E-state index contributed by atoms with van der Waals surface area (Å²) < 4.78 is 0. The number of anilines is 1. The summed E-state index contributed by atoms with van der Waals surface area (Å²) in [6.07, 6.45) is 4.14. The molecule has 0 unspecified atom stereocenters. The molecular formula is C14H18N4O3. The molecule has 1 saturated carbocycles. The van der Waals surface area contributed by atoms with E-state index in [1.165, 1.54) is 6.20 Å². The molecule has 1 aliphatic carbocycles. The number of hydrogen-bond acceptors (Lipinski definition) is 6. The Balaban J connectivity index is 1.76. The predicted octanol–water partition coefficient (Wildman–Crippen LogP) is 1.36. The van der Waals surface area contributed by atoms with Gasteiger partial charge in [-0.1, -0.05) is 0 Å². The zero-order valence-corrected chi connectivity index (χ0v) is 11.7. The molecule has 0 bridgehead atoms. The van der Waals surface area contributed by atoms with Crippen molar-refractivity contribution in [2.45, 2.75) is 19.3 Å². The lowest BCUT2D eigenvalue weighted by Gasteiger charge is -2.27. The quantitative estimate of drug-likeness (QED) is 0.606. The van der Waals surface area contributed by atoms with Crippen LogP contribution >= 0.6 is 0 Å². The Kier molecular flexibility index (Phi) is 3.59. The van der Waals surface area contributed by atoms with Gasteiger partial charge in [0.1, 0.15) is 17.7 Å². The van der Waals surface area contributed by atoms with Crippen LogP contribution in [-0.2, 0) is 4.79 Å². The van der Waals surface area contributed by atoms with Crippen LogP contribution in [0, 0.1) is 21.4 Å². The fourth-order valence-corrected chi connectivity index (χ4v) is 2.92. The summed E-state index contributed by atoms with van der Waals surface area (Å²) in [5.41, 5.74) is -0.0670. The molecule has 0 spiro atoms. The van der Waals surface area contributed by atoms with Crippen LogP contribution in [0.4, 0.5) is 11.5 Å². The van der Waals surface area contributed by atoms with Gasteiger partial charge in [-0.15, -0.1) is 0 Å². The topological polar surface area (TPSA) is 97.2 Å². The van der Waals surface area contributed by atoms with E-state index in [-0.39, 0.29) is 11.7 Å². The molecule has 1 atom stereocenters. The van der Waals surface area contributed by atoms with Gasteiger partial charge in [-0.25, -0.2) is 0 Å². The first-order chi connectivity index (χ1) is 10.1. The van der Waals surface area contributed by atoms with E-state index in [9.17, 15) is 14.9 Å². The van der Waals surface area contributed by atoms with Crippen LogP contribution in [0.15, 0.2) is 18.3 Å². The minimum atomic E-state index is -0.509. The van der Waals surface area contributed by atoms with Gasteiger partial charge in [0.15, 0.2) is 0 Å². The lowest BCUT2D eigenvalue weighted by atomic mass is 9.80. The molecule has 0 radical (unpaired) electrons. The fraction of sp³-hybridized carbons (Fsp3) is 0.571. The smallest absolute Gasteiger partial charge is 0.377 e. The van der Waals surface area contributed by atoms with E-state index in [1.54, 1.807) is 12.1 Å². The van der Waals surface area contributed by atoms with Gasteiger partial charge in [0.25, 0.3) is 0 Å². The van der Waals surface area contributed by atoms with Crippen LogP contribution in [0.25, 0.3) is 0 Å². The number of nitro groups is 1. The van der Waals surface area contributed by atoms with Crippen LogP contribution in [0.2, 0.25) is 0 Å². The van der Waals surface area contributed by atoms with Crippen LogP contribution < -0.4 is 10.6 Å². The number of rotatable bonds is 6. The first kappa shape index (κ1) is 13.9. The molecule has 21 heavy (non-hydrogen) atoms. The van der Waals surface area contributed by atoms with Gasteiger partial charge in [0.2, 0.25) is 0 Å². The van der Waals surface area contributed by atoms with E-state index in [4.69, 9.17) is 0 Å². The number of Topliss-reactive ketones (excluding diaryl/α,β-unsaturated/α-hetero) is 1. The molecule has 0 aromatic carbocycles. The van der Waals surface area contributed by atoms with Crippen molar-refractivity contribution >= 4 is 17.3 Å². The average molecular weight is 290 g/mol. The van der Waals surface area contributed by atoms with Crippen molar-refractivity contribution in [2.75, 3.05) is 25.0 Å². The van der Waals surface area contributed by atoms with Gasteiger partial charge in [0, 0.05) is 19.0 Å². The molecule has 2 fully saturated rings. The Bertz CT molecular complexity index is 565. The maximum absolute atomic E-state index is 12.5. The van der Waals surface area contributed by atoms with E-state index >= 15 is 0 Å². The summed E-state index contributed by atoms with van der Waals surface area (Å²) in [5.74, 6) is 0.291. The normalized spacial score (nSPS) is 24.8. The molecule has 0 amide bonds. The fourth-order valence-electron chi connectivity index (χ4n) is 2.92. The second-order valence-electron chi connectivity index (χ2n) is 5.83. The maximum Gasteiger partial charge on any atom is 0.386 e. The van der Waals surface area contributed by atoms with Gasteiger partial charge in [0.05, 0.1) is 5.41 Å². The lowest BCUT2D eigenvalue weighted by Crippen LogP contribution is -2.41. The van der Waals surface area contributed by atoms with Crippen molar-refractivity contribution in [1.29, 1.82) is 0 Å². The number of aromatic nitrogens is 1. The molecule has 112 valence electrons. The number of carbonyl (C=O) groups is 1. The molecule has 1 aliphatic heterocycles. The largest absolute Gasteiger partial charge is 0.386 e. The minimum absolute atomic E-state index is 0.190. The highest BCUT2D eigenvalue weighted by atomic mass is 16.6.